The fourth-order valence-electron chi connectivity index (χ4n) is 0. The van der Waals surface area contributed by atoms with Crippen LogP contribution >= 0.6 is 24.4 Å². The van der Waals surface area contributed by atoms with Gasteiger partial charge < -0.3 is 22.1 Å². The molecule has 0 aliphatic heterocycles. The first-order valence-electron chi connectivity index (χ1n) is 1.68. The molecule has 0 aliphatic carbocycles. The monoisotopic (exact) mass is 186 g/mol. The van der Waals surface area contributed by atoms with Gasteiger partial charge in [-0.3, -0.25) is 5.43 Å². The van der Waals surface area contributed by atoms with Gasteiger partial charge in [0.15, 0.2) is 0 Å². The van der Waals surface area contributed by atoms with E-state index in [1.54, 1.807) is 0 Å². The summed E-state index contributed by atoms with van der Waals surface area (Å²) in [6, 6.07) is 0. The third-order valence-corrected chi connectivity index (χ3v) is 0.241. The SMILES string of the molecule is N.NC(O)=S.NNC(O)=S. The number of rotatable bonds is 0. The molecule has 0 fully saturated rings. The van der Waals surface area contributed by atoms with Crippen LogP contribution in [0.5, 0.6) is 0 Å². The number of nitrogens with two attached hydrogens (primary N) is 2. The molecule has 0 atom stereocenters. The summed E-state index contributed by atoms with van der Waals surface area (Å²) < 4.78 is 0. The van der Waals surface area contributed by atoms with Crippen molar-refractivity contribution in [3.05, 3.63) is 0 Å². The Balaban J connectivity index is -0.0000000910. The zero-order valence-corrected chi connectivity index (χ0v) is 6.71. The maximum atomic E-state index is 7.86. The third-order valence-electron chi connectivity index (χ3n) is 0.123. The van der Waals surface area contributed by atoms with Crippen molar-refractivity contribution < 1.29 is 10.2 Å². The first-order chi connectivity index (χ1) is 4.00. The van der Waals surface area contributed by atoms with Gasteiger partial charge in [-0.1, -0.05) is 0 Å². The van der Waals surface area contributed by atoms with E-state index in [1.165, 1.54) is 0 Å². The lowest BCUT2D eigenvalue weighted by Crippen LogP contribution is -2.27. The fourth-order valence-corrected chi connectivity index (χ4v) is 0. The number of nitrogens with one attached hydrogen (secondary N) is 1. The molecule has 0 amide bonds. The zero-order valence-electron chi connectivity index (χ0n) is 5.07. The van der Waals surface area contributed by atoms with Crippen molar-refractivity contribution in [3.63, 3.8) is 0 Å². The van der Waals surface area contributed by atoms with Crippen molar-refractivity contribution in [1.29, 1.82) is 0 Å². The summed E-state index contributed by atoms with van der Waals surface area (Å²) in [5.74, 6) is 4.53. The van der Waals surface area contributed by atoms with Crippen LogP contribution in [0.1, 0.15) is 0 Å². The van der Waals surface area contributed by atoms with E-state index in [2.05, 4.69) is 36.0 Å². The average molecular weight is 186 g/mol. The minimum atomic E-state index is -0.500. The molecule has 0 rings (SSSR count). The van der Waals surface area contributed by atoms with Crippen LogP contribution in [0.15, 0.2) is 0 Å². The number of thiocarbonyl (C=S) groups is 2. The molecule has 8 heteroatoms. The number of hydrogen-bond donors (Lipinski definition) is 6. The summed E-state index contributed by atoms with van der Waals surface area (Å²) in [7, 11) is 0. The Morgan fingerprint density at radius 2 is 1.40 bits per heavy atom. The fraction of sp³-hybridized carbons (Fsp3) is 0. The summed E-state index contributed by atoms with van der Waals surface area (Å²) in [5, 5.41) is 14.5. The quantitative estimate of drug-likeness (QED) is 0.165. The molecule has 0 aromatic carbocycles. The lowest BCUT2D eigenvalue weighted by atomic mass is 11.3. The molecule has 0 aromatic heterocycles. The molecule has 6 nitrogen and oxygen atoms in total. The van der Waals surface area contributed by atoms with E-state index < -0.39 is 5.17 Å². The van der Waals surface area contributed by atoms with E-state index in [1.807, 2.05) is 5.43 Å². The highest BCUT2D eigenvalue weighted by Crippen LogP contribution is 1.47. The Hall–Kier alpha value is -0.700. The number of aliphatic hydroxyl groups is 2. The summed E-state index contributed by atoms with van der Waals surface area (Å²) in [5.41, 5.74) is 6.21. The molecule has 0 heterocycles. The van der Waals surface area contributed by atoms with Crippen LogP contribution in [0, 0.1) is 0 Å². The highest BCUT2D eigenvalue weighted by molar-refractivity contribution is 7.80. The molecule has 0 spiro atoms. The maximum absolute atomic E-state index is 7.86. The van der Waals surface area contributed by atoms with Gasteiger partial charge in [-0.25, -0.2) is 5.84 Å². The van der Waals surface area contributed by atoms with Crippen molar-refractivity contribution in [3.8, 4) is 0 Å². The van der Waals surface area contributed by atoms with E-state index in [-0.39, 0.29) is 11.3 Å². The van der Waals surface area contributed by atoms with Crippen molar-refractivity contribution in [1.82, 2.24) is 11.6 Å². The van der Waals surface area contributed by atoms with Crippen molar-refractivity contribution >= 4 is 34.8 Å². The zero-order chi connectivity index (χ0) is 7.86. The van der Waals surface area contributed by atoms with Crippen LogP contribution in [-0.2, 0) is 0 Å². The molecule has 0 bridgehead atoms. The molecule has 0 radical (unpaired) electrons. The number of aliphatic hydroxyl groups excluding tert-OH is 2. The summed E-state index contributed by atoms with van der Waals surface area (Å²) in [6.45, 7) is 0. The normalized spacial score (nSPS) is 5.70. The lowest BCUT2D eigenvalue weighted by molar-refractivity contribution is 0.535. The van der Waals surface area contributed by atoms with Gasteiger partial charge in [0, 0.05) is 0 Å². The second kappa shape index (κ2) is 11.1. The standard InChI is InChI=1S/CH4N2OS.CH3NOS.H3N/c2-3-1(4)5;2-1(3)4;/h2H2,(H2,3,4,5);(H3,2,3,4);1H3. The third kappa shape index (κ3) is 171. The van der Waals surface area contributed by atoms with Crippen molar-refractivity contribution in [2.45, 2.75) is 0 Å². The predicted molar refractivity (Wildman–Crippen MR) is 47.0 cm³/mol. The maximum Gasteiger partial charge on any atom is 0.268 e. The van der Waals surface area contributed by atoms with Gasteiger partial charge in [-0.15, -0.1) is 0 Å². The van der Waals surface area contributed by atoms with Crippen LogP contribution in [0.25, 0.3) is 0 Å². The largest absolute Gasteiger partial charge is 0.487 e. The molecular formula is C2H10N4O2S2. The Morgan fingerprint density at radius 3 is 1.40 bits per heavy atom. The summed E-state index contributed by atoms with van der Waals surface area (Å²) in [6.07, 6.45) is 0. The molecular weight excluding hydrogens is 176 g/mol. The van der Waals surface area contributed by atoms with Gasteiger partial charge >= 0.3 is 0 Å². The van der Waals surface area contributed by atoms with Gasteiger partial charge in [0.1, 0.15) is 0 Å². The molecule has 0 saturated heterocycles. The van der Waals surface area contributed by atoms with E-state index in [0.29, 0.717) is 0 Å². The van der Waals surface area contributed by atoms with Gasteiger partial charge in [-0.2, -0.15) is 0 Å². The second-order valence-electron chi connectivity index (χ2n) is 0.788. The minimum Gasteiger partial charge on any atom is -0.487 e. The van der Waals surface area contributed by atoms with Gasteiger partial charge in [0.2, 0.25) is 0 Å². The smallest absolute Gasteiger partial charge is 0.268 e. The van der Waals surface area contributed by atoms with Crippen LogP contribution < -0.4 is 23.2 Å². The van der Waals surface area contributed by atoms with Gasteiger partial charge in [0.25, 0.3) is 10.3 Å². The van der Waals surface area contributed by atoms with E-state index in [0.717, 1.165) is 0 Å². The van der Waals surface area contributed by atoms with Crippen LogP contribution in [0.4, 0.5) is 0 Å². The average Bonchev–Trinajstić information content (AvgIpc) is 1.65. The molecule has 62 valence electrons. The Bertz CT molecular complexity index is 103. The van der Waals surface area contributed by atoms with Gasteiger partial charge in [-0.05, 0) is 24.4 Å². The van der Waals surface area contributed by atoms with Crippen molar-refractivity contribution in [2.75, 3.05) is 0 Å². The van der Waals surface area contributed by atoms with Gasteiger partial charge in [0.05, 0.1) is 0 Å². The van der Waals surface area contributed by atoms with Crippen LogP contribution in [0.3, 0.4) is 0 Å². The second-order valence-corrected chi connectivity index (χ2v) is 1.59. The van der Waals surface area contributed by atoms with E-state index in [9.17, 15) is 0 Å². The molecule has 0 saturated carbocycles. The highest BCUT2D eigenvalue weighted by Gasteiger charge is 1.70. The van der Waals surface area contributed by atoms with Crippen LogP contribution in [-0.4, -0.2) is 20.6 Å². The Morgan fingerprint density at radius 1 is 1.30 bits per heavy atom. The predicted octanol–water partition coefficient (Wildman–Crippen LogP) is -0.757. The lowest BCUT2D eigenvalue weighted by Gasteiger charge is -1.83. The van der Waals surface area contributed by atoms with E-state index in [4.69, 9.17) is 10.2 Å². The molecule has 10 heavy (non-hydrogen) atoms. The molecule has 0 unspecified atom stereocenters. The molecule has 0 aromatic rings. The first-order valence-corrected chi connectivity index (χ1v) is 2.50. The molecule has 10 N–H and O–H groups in total. The number of hydrazine groups is 1. The Labute approximate surface area is 68.8 Å². The van der Waals surface area contributed by atoms with Crippen LogP contribution in [0.2, 0.25) is 0 Å². The molecule has 0 aliphatic rings. The van der Waals surface area contributed by atoms with Crippen molar-refractivity contribution in [2.24, 2.45) is 11.6 Å². The first kappa shape index (κ1) is 16.1. The van der Waals surface area contributed by atoms with E-state index >= 15 is 0 Å². The highest BCUT2D eigenvalue weighted by atomic mass is 32.1. The summed E-state index contributed by atoms with van der Waals surface area (Å²) in [4.78, 5) is 0. The minimum absolute atomic E-state index is 0. The summed E-state index contributed by atoms with van der Waals surface area (Å²) >= 11 is 7.89. The Kier molecular flexibility index (Phi) is 18.0. The topological polar surface area (TPSA) is 140 Å². The number of hydrogen-bond acceptors (Lipinski definition) is 4.